The third-order valence-corrected chi connectivity index (χ3v) is 12.3. The average molecular weight is 684 g/mol. The summed E-state index contributed by atoms with van der Waals surface area (Å²) in [6.45, 7) is 2.29. The number of hydrogen-bond acceptors (Lipinski definition) is 3. The molecule has 3 heterocycles. The predicted molar refractivity (Wildman–Crippen MR) is 221 cm³/mol. The van der Waals surface area contributed by atoms with Crippen LogP contribution < -0.4 is 5.32 Å². The van der Waals surface area contributed by atoms with Crippen molar-refractivity contribution in [2.75, 3.05) is 5.32 Å². The first-order valence-corrected chi connectivity index (χ1v) is 18.9. The number of hydrogen-bond donors (Lipinski definition) is 1. The van der Waals surface area contributed by atoms with E-state index in [4.69, 9.17) is 4.42 Å². The molecular formula is C49H33NOS. The van der Waals surface area contributed by atoms with Crippen LogP contribution in [0.25, 0.3) is 81.2 Å². The van der Waals surface area contributed by atoms with Crippen LogP contribution in [0.1, 0.15) is 28.9 Å². The third kappa shape index (κ3) is 4.49. The van der Waals surface area contributed by atoms with Gasteiger partial charge >= 0.3 is 0 Å². The summed E-state index contributed by atoms with van der Waals surface area (Å²) in [5.41, 5.74) is 17.8. The molecule has 6 bridgehead atoms. The van der Waals surface area contributed by atoms with Crippen LogP contribution >= 0.6 is 11.3 Å². The molecule has 0 radical (unpaired) electrons. The molecule has 9 aromatic rings. The van der Waals surface area contributed by atoms with Crippen LogP contribution in [0.3, 0.4) is 0 Å². The van der Waals surface area contributed by atoms with Gasteiger partial charge in [0.25, 0.3) is 0 Å². The van der Waals surface area contributed by atoms with E-state index >= 15 is 0 Å². The molecule has 0 saturated carbocycles. The second-order valence-corrected chi connectivity index (χ2v) is 15.1. The zero-order valence-corrected chi connectivity index (χ0v) is 29.5. The van der Waals surface area contributed by atoms with Crippen molar-refractivity contribution >= 4 is 59.4 Å². The van der Waals surface area contributed by atoms with E-state index in [1.165, 1.54) is 86.9 Å². The number of nitrogens with one attached hydrogen (secondary N) is 1. The number of benzene rings is 7. The highest BCUT2D eigenvalue weighted by molar-refractivity contribution is 7.26. The molecule has 2 aliphatic rings. The maximum absolute atomic E-state index is 6.62. The van der Waals surface area contributed by atoms with Gasteiger partial charge in [-0.1, -0.05) is 103 Å². The summed E-state index contributed by atoms with van der Waals surface area (Å²) in [4.78, 5) is 0. The third-order valence-electron chi connectivity index (χ3n) is 11.1. The highest BCUT2D eigenvalue weighted by atomic mass is 32.1. The van der Waals surface area contributed by atoms with Crippen molar-refractivity contribution < 1.29 is 4.42 Å². The van der Waals surface area contributed by atoms with Gasteiger partial charge in [-0.15, -0.1) is 11.3 Å². The monoisotopic (exact) mass is 683 g/mol. The lowest BCUT2D eigenvalue weighted by Crippen LogP contribution is -2.02. The Morgan fingerprint density at radius 2 is 1.33 bits per heavy atom. The van der Waals surface area contributed by atoms with E-state index in [1.54, 1.807) is 0 Å². The van der Waals surface area contributed by atoms with Crippen LogP contribution in [-0.2, 0) is 6.42 Å². The number of fused-ring (bicyclic) bond motifs is 12. The number of rotatable bonds is 2. The topological polar surface area (TPSA) is 25.2 Å². The Balaban J connectivity index is 1.25. The van der Waals surface area contributed by atoms with Gasteiger partial charge in [-0.05, 0) is 118 Å². The number of anilines is 2. The quantitative estimate of drug-likeness (QED) is 0.196. The molecule has 0 fully saturated rings. The number of aryl methyl sites for hydroxylation is 1. The highest BCUT2D eigenvalue weighted by Crippen LogP contribution is 2.48. The maximum Gasteiger partial charge on any atom is 0.137 e. The van der Waals surface area contributed by atoms with E-state index in [1.807, 2.05) is 11.3 Å². The molecule has 0 spiro atoms. The molecule has 0 amide bonds. The van der Waals surface area contributed by atoms with Crippen molar-refractivity contribution in [2.45, 2.75) is 19.8 Å². The fourth-order valence-electron chi connectivity index (χ4n) is 8.64. The second-order valence-electron chi connectivity index (χ2n) is 14.0. The van der Waals surface area contributed by atoms with Crippen molar-refractivity contribution in [2.24, 2.45) is 0 Å². The summed E-state index contributed by atoms with van der Waals surface area (Å²) in [5, 5.41) is 7.66. The van der Waals surface area contributed by atoms with E-state index in [2.05, 4.69) is 164 Å². The predicted octanol–water partition coefficient (Wildman–Crippen LogP) is 14.2. The Hall–Kier alpha value is -6.16. The number of thiophene rings is 1. The lowest BCUT2D eigenvalue weighted by Gasteiger charge is -2.21. The van der Waals surface area contributed by atoms with E-state index in [-0.39, 0.29) is 0 Å². The summed E-state index contributed by atoms with van der Waals surface area (Å²) in [6.07, 6.45) is 4.27. The molecule has 11 rings (SSSR count). The molecule has 0 atom stereocenters. The summed E-state index contributed by atoms with van der Waals surface area (Å²) in [7, 11) is 0. The summed E-state index contributed by atoms with van der Waals surface area (Å²) in [6, 6.07) is 53.6. The molecule has 3 heteroatoms. The fourth-order valence-corrected chi connectivity index (χ4v) is 9.87. The average Bonchev–Trinajstić information content (AvgIpc) is 3.77. The normalized spacial score (nSPS) is 13.2. The Bertz CT molecular complexity index is 2940. The lowest BCUT2D eigenvalue weighted by atomic mass is 9.83. The molecule has 1 N–H and O–H groups in total. The first-order valence-electron chi connectivity index (χ1n) is 18.1. The van der Waals surface area contributed by atoms with Crippen molar-refractivity contribution in [1.82, 2.24) is 0 Å². The second kappa shape index (κ2) is 11.4. The van der Waals surface area contributed by atoms with Gasteiger partial charge in [0.05, 0.1) is 11.1 Å². The molecule has 7 aromatic carbocycles. The van der Waals surface area contributed by atoms with Gasteiger partial charge in [0.15, 0.2) is 0 Å². The summed E-state index contributed by atoms with van der Waals surface area (Å²) < 4.78 is 9.25. The molecule has 0 unspecified atom stereocenters. The van der Waals surface area contributed by atoms with Crippen molar-refractivity contribution in [3.05, 3.63) is 174 Å². The molecule has 1 aliphatic carbocycles. The summed E-state index contributed by atoms with van der Waals surface area (Å²) in [5.74, 6) is 1.07. The zero-order chi connectivity index (χ0) is 34.3. The van der Waals surface area contributed by atoms with Gasteiger partial charge in [-0.3, -0.25) is 0 Å². The van der Waals surface area contributed by atoms with Gasteiger partial charge in [0, 0.05) is 43.4 Å². The van der Waals surface area contributed by atoms with E-state index < -0.39 is 0 Å². The van der Waals surface area contributed by atoms with Gasteiger partial charge < -0.3 is 9.73 Å². The Labute approximate surface area is 306 Å². The van der Waals surface area contributed by atoms with Crippen molar-refractivity contribution in [1.29, 1.82) is 0 Å². The standard InChI is InChI=1S/C49H33NOS/c1-29-35-14-7-15-36(29)39-16-9-20-44-47(39)48-43(19-10-21-45(48)51-44)50-34-23-24-37(40-17-8-18-41-38-13-5-6-22-46(38)52-49(40)41)42(28-34)33-26-31(25-32(35)27-33)30-11-3-2-4-12-30/h2-8,10-19,21-28,50H,9,20H2,1H3. The van der Waals surface area contributed by atoms with E-state index in [0.29, 0.717) is 0 Å². The first kappa shape index (κ1) is 29.6. The lowest BCUT2D eigenvalue weighted by molar-refractivity contribution is 0.545. The Morgan fingerprint density at radius 3 is 2.25 bits per heavy atom. The van der Waals surface area contributed by atoms with Crippen LogP contribution in [0.2, 0.25) is 0 Å². The molecular weight excluding hydrogens is 651 g/mol. The minimum absolute atomic E-state index is 0.899. The molecule has 2 nitrogen and oxygen atoms in total. The van der Waals surface area contributed by atoms with Crippen LogP contribution in [0.15, 0.2) is 156 Å². The summed E-state index contributed by atoms with van der Waals surface area (Å²) >= 11 is 1.88. The van der Waals surface area contributed by atoms with Crippen molar-refractivity contribution in [3.8, 4) is 44.5 Å². The van der Waals surface area contributed by atoms with E-state index in [9.17, 15) is 0 Å². The highest BCUT2D eigenvalue weighted by Gasteiger charge is 2.26. The van der Waals surface area contributed by atoms with Crippen LogP contribution in [0.5, 0.6) is 0 Å². The van der Waals surface area contributed by atoms with Crippen LogP contribution in [-0.4, -0.2) is 0 Å². The molecule has 2 aromatic heterocycles. The fraction of sp³-hybridized carbons (Fsp3) is 0.0612. The van der Waals surface area contributed by atoms with Gasteiger partial charge in [0.1, 0.15) is 11.3 Å². The van der Waals surface area contributed by atoms with Gasteiger partial charge in [0.2, 0.25) is 0 Å². The van der Waals surface area contributed by atoms with Crippen molar-refractivity contribution in [3.63, 3.8) is 0 Å². The van der Waals surface area contributed by atoms with Gasteiger partial charge in [-0.25, -0.2) is 0 Å². The van der Waals surface area contributed by atoms with Gasteiger partial charge in [-0.2, -0.15) is 0 Å². The number of furan rings is 1. The largest absolute Gasteiger partial charge is 0.460 e. The Kier molecular flexibility index (Phi) is 6.50. The zero-order valence-electron chi connectivity index (χ0n) is 28.7. The minimum atomic E-state index is 0.899. The molecule has 52 heavy (non-hydrogen) atoms. The van der Waals surface area contributed by atoms with Crippen LogP contribution in [0.4, 0.5) is 11.4 Å². The molecule has 1 aliphatic heterocycles. The maximum atomic E-state index is 6.62. The SMILES string of the molecule is Cc1c2cccc1-c1cc(-c3ccccc3)cc(c1)-c1cc(ccc1-c1cccc3c1sc1ccccc13)Nc1cccc3oc4c(c13)C2=CCC4. The van der Waals surface area contributed by atoms with E-state index in [0.717, 1.165) is 40.9 Å². The van der Waals surface area contributed by atoms with Crippen LogP contribution in [0, 0.1) is 6.92 Å². The molecule has 0 saturated heterocycles. The minimum Gasteiger partial charge on any atom is -0.460 e. The molecule has 246 valence electrons. The first-order chi connectivity index (χ1) is 25.7. The smallest absolute Gasteiger partial charge is 0.137 e. The Morgan fingerprint density at radius 1 is 0.577 bits per heavy atom. The number of allylic oxidation sites excluding steroid dienone is 1.